The summed E-state index contributed by atoms with van der Waals surface area (Å²) in [4.78, 5) is 27.6. The van der Waals surface area contributed by atoms with Crippen LogP contribution in [-0.4, -0.2) is 28.2 Å². The molecule has 5 heteroatoms. The highest BCUT2D eigenvalue weighted by Gasteiger charge is 2.47. The Labute approximate surface area is 181 Å². The number of likely N-dealkylation sites (tertiary alicyclic amines) is 1. The molecule has 158 valence electrons. The Kier molecular flexibility index (Phi) is 5.51. The Morgan fingerprint density at radius 2 is 1.74 bits per heavy atom. The molecule has 1 amide bonds. The fourth-order valence-electron chi connectivity index (χ4n) is 4.04. The van der Waals surface area contributed by atoms with Gasteiger partial charge in [-0.15, -0.1) is 0 Å². The van der Waals surface area contributed by atoms with Crippen LogP contribution in [0.2, 0.25) is 0 Å². The second-order valence-corrected chi connectivity index (χ2v) is 7.99. The first kappa shape index (κ1) is 20.7. The van der Waals surface area contributed by atoms with E-state index in [1.807, 2.05) is 69.3 Å². The van der Waals surface area contributed by atoms with Crippen molar-refractivity contribution >= 4 is 17.4 Å². The minimum Gasteiger partial charge on any atom is -0.507 e. The number of ketones is 1. The quantitative estimate of drug-likeness (QED) is 0.367. The smallest absolute Gasteiger partial charge is 0.295 e. The molecule has 31 heavy (non-hydrogen) atoms. The van der Waals surface area contributed by atoms with Gasteiger partial charge in [-0.1, -0.05) is 48.0 Å². The van der Waals surface area contributed by atoms with Crippen molar-refractivity contribution in [2.24, 2.45) is 0 Å². The Balaban J connectivity index is 1.80. The summed E-state index contributed by atoms with van der Waals surface area (Å²) in [6, 6.07) is 18.2. The summed E-state index contributed by atoms with van der Waals surface area (Å²) in [7, 11) is 0. The largest absolute Gasteiger partial charge is 0.507 e. The summed E-state index contributed by atoms with van der Waals surface area (Å²) >= 11 is 0. The highest BCUT2D eigenvalue weighted by Crippen LogP contribution is 2.40. The van der Waals surface area contributed by atoms with Crippen LogP contribution in [0.1, 0.15) is 39.8 Å². The van der Waals surface area contributed by atoms with Crippen LogP contribution in [0.3, 0.4) is 0 Å². The van der Waals surface area contributed by atoms with Gasteiger partial charge in [0.15, 0.2) is 0 Å². The van der Waals surface area contributed by atoms with E-state index in [1.54, 1.807) is 12.1 Å². The number of aryl methyl sites for hydroxylation is 3. The van der Waals surface area contributed by atoms with Crippen LogP contribution >= 0.6 is 0 Å². The Bertz CT molecular complexity index is 1170. The van der Waals surface area contributed by atoms with Crippen molar-refractivity contribution in [3.05, 3.63) is 100 Å². The van der Waals surface area contributed by atoms with E-state index in [-0.39, 0.29) is 11.3 Å². The number of hydrogen-bond donors (Lipinski definition) is 1. The highest BCUT2D eigenvalue weighted by molar-refractivity contribution is 6.46. The number of rotatable bonds is 5. The molecular weight excluding hydrogens is 390 g/mol. The molecule has 1 aromatic heterocycles. The molecule has 4 rings (SSSR count). The summed E-state index contributed by atoms with van der Waals surface area (Å²) in [5, 5.41) is 11.2. The van der Waals surface area contributed by atoms with Gasteiger partial charge in [-0.2, -0.15) is 0 Å². The Hall–Kier alpha value is -3.60. The number of Topliss-reactive ketones (excluding diaryl/α,β-unsaturated/α-hetero) is 1. The number of amides is 1. The average molecular weight is 415 g/mol. The molecule has 1 aliphatic heterocycles. The second-order valence-electron chi connectivity index (χ2n) is 7.99. The fraction of sp³-hybridized carbons (Fsp3) is 0.231. The molecule has 0 aliphatic carbocycles. The first-order chi connectivity index (χ1) is 14.9. The number of carbonyl (C=O) groups is 2. The molecule has 3 aromatic rings. The van der Waals surface area contributed by atoms with Crippen LogP contribution in [0.15, 0.2) is 70.7 Å². The molecule has 2 aromatic carbocycles. The summed E-state index contributed by atoms with van der Waals surface area (Å²) in [6.45, 7) is 5.93. The van der Waals surface area contributed by atoms with Crippen LogP contribution in [0, 0.1) is 20.8 Å². The van der Waals surface area contributed by atoms with Gasteiger partial charge in [0, 0.05) is 12.1 Å². The molecule has 0 spiro atoms. The second kappa shape index (κ2) is 8.26. The van der Waals surface area contributed by atoms with Gasteiger partial charge in [-0.3, -0.25) is 9.59 Å². The SMILES string of the molecule is Cc1ccc(C)c(/C(O)=C2\C(=O)C(=O)N(CCc3ccccc3)C2c2ccc(C)o2)c1. The molecule has 2 heterocycles. The summed E-state index contributed by atoms with van der Waals surface area (Å²) in [5.41, 5.74) is 3.47. The molecule has 1 saturated heterocycles. The molecule has 0 saturated carbocycles. The Morgan fingerprint density at radius 1 is 1.00 bits per heavy atom. The van der Waals surface area contributed by atoms with E-state index in [1.165, 1.54) is 4.90 Å². The van der Waals surface area contributed by atoms with Gasteiger partial charge in [0.25, 0.3) is 11.7 Å². The van der Waals surface area contributed by atoms with Gasteiger partial charge < -0.3 is 14.4 Å². The van der Waals surface area contributed by atoms with Crippen molar-refractivity contribution in [3.63, 3.8) is 0 Å². The highest BCUT2D eigenvalue weighted by atomic mass is 16.3. The van der Waals surface area contributed by atoms with Crippen LogP contribution in [-0.2, 0) is 16.0 Å². The average Bonchev–Trinajstić information content (AvgIpc) is 3.30. The molecule has 1 fully saturated rings. The number of furan rings is 1. The summed E-state index contributed by atoms with van der Waals surface area (Å²) in [5.74, 6) is -0.333. The zero-order valence-corrected chi connectivity index (χ0v) is 17.9. The lowest BCUT2D eigenvalue weighted by Crippen LogP contribution is -2.31. The molecule has 5 nitrogen and oxygen atoms in total. The van der Waals surface area contributed by atoms with Crippen molar-refractivity contribution in [1.29, 1.82) is 0 Å². The van der Waals surface area contributed by atoms with Crippen LogP contribution in [0.4, 0.5) is 0 Å². The van der Waals surface area contributed by atoms with Crippen molar-refractivity contribution < 1.29 is 19.1 Å². The van der Waals surface area contributed by atoms with E-state index < -0.39 is 17.7 Å². The third kappa shape index (κ3) is 3.91. The first-order valence-corrected chi connectivity index (χ1v) is 10.3. The number of aliphatic hydroxyl groups is 1. The maximum atomic E-state index is 13.1. The van der Waals surface area contributed by atoms with E-state index in [0.29, 0.717) is 30.0 Å². The summed E-state index contributed by atoms with van der Waals surface area (Å²) in [6.07, 6.45) is 0.591. The summed E-state index contributed by atoms with van der Waals surface area (Å²) < 4.78 is 5.83. The minimum absolute atomic E-state index is 0.0705. The normalized spacial score (nSPS) is 18.0. The van der Waals surface area contributed by atoms with Gasteiger partial charge in [0.2, 0.25) is 0 Å². The van der Waals surface area contributed by atoms with Crippen LogP contribution < -0.4 is 0 Å². The van der Waals surface area contributed by atoms with Crippen molar-refractivity contribution in [2.45, 2.75) is 33.2 Å². The number of nitrogens with zero attached hydrogens (tertiary/aromatic N) is 1. The zero-order valence-electron chi connectivity index (χ0n) is 17.9. The molecule has 1 aliphatic rings. The fourth-order valence-corrected chi connectivity index (χ4v) is 4.04. The third-order valence-corrected chi connectivity index (χ3v) is 5.70. The van der Waals surface area contributed by atoms with E-state index in [9.17, 15) is 14.7 Å². The predicted octanol–water partition coefficient (Wildman–Crippen LogP) is 4.87. The number of carbonyl (C=O) groups excluding carboxylic acids is 2. The van der Waals surface area contributed by atoms with Crippen molar-refractivity contribution in [3.8, 4) is 0 Å². The van der Waals surface area contributed by atoms with Crippen molar-refractivity contribution in [2.75, 3.05) is 6.54 Å². The first-order valence-electron chi connectivity index (χ1n) is 10.3. The van der Waals surface area contributed by atoms with Gasteiger partial charge in [-0.25, -0.2) is 0 Å². The molecular formula is C26H25NO4. The van der Waals surface area contributed by atoms with Gasteiger partial charge in [0.1, 0.15) is 23.3 Å². The predicted molar refractivity (Wildman–Crippen MR) is 119 cm³/mol. The lowest BCUT2D eigenvalue weighted by Gasteiger charge is -2.23. The molecule has 0 radical (unpaired) electrons. The zero-order chi connectivity index (χ0) is 22.1. The maximum absolute atomic E-state index is 13.1. The number of benzene rings is 2. The van der Waals surface area contributed by atoms with Crippen LogP contribution in [0.25, 0.3) is 5.76 Å². The molecule has 1 unspecified atom stereocenters. The molecule has 1 atom stereocenters. The van der Waals surface area contributed by atoms with Crippen LogP contribution in [0.5, 0.6) is 0 Å². The lowest BCUT2D eigenvalue weighted by atomic mass is 9.96. The minimum atomic E-state index is -0.766. The molecule has 0 bridgehead atoms. The van der Waals surface area contributed by atoms with Crippen molar-refractivity contribution in [1.82, 2.24) is 4.90 Å². The molecule has 1 N–H and O–H groups in total. The number of hydrogen-bond acceptors (Lipinski definition) is 4. The topological polar surface area (TPSA) is 70.8 Å². The standard InChI is InChI=1S/C26H25NO4/c1-16-9-10-17(2)20(15-16)24(28)22-23(21-12-11-18(3)31-21)27(26(30)25(22)29)14-13-19-7-5-4-6-8-19/h4-12,15,23,28H,13-14H2,1-3H3/b24-22+. The van der Waals surface area contributed by atoms with Gasteiger partial charge >= 0.3 is 0 Å². The number of aliphatic hydroxyl groups excluding tert-OH is 1. The maximum Gasteiger partial charge on any atom is 0.295 e. The van der Waals surface area contributed by atoms with E-state index in [0.717, 1.165) is 16.7 Å². The van der Waals surface area contributed by atoms with Gasteiger partial charge in [0.05, 0.1) is 5.57 Å². The van der Waals surface area contributed by atoms with E-state index >= 15 is 0 Å². The Morgan fingerprint density at radius 3 is 2.42 bits per heavy atom. The third-order valence-electron chi connectivity index (χ3n) is 5.70. The van der Waals surface area contributed by atoms with E-state index in [4.69, 9.17) is 4.42 Å². The van der Waals surface area contributed by atoms with E-state index in [2.05, 4.69) is 0 Å². The van der Waals surface area contributed by atoms with Gasteiger partial charge in [-0.05, 0) is 56.5 Å². The lowest BCUT2D eigenvalue weighted by molar-refractivity contribution is -0.140. The monoisotopic (exact) mass is 415 g/mol.